The Labute approximate surface area is 153 Å². The number of nitrogens with zero attached hydrogens (tertiary/aromatic N) is 3. The van der Waals surface area contributed by atoms with Crippen LogP contribution in [0.25, 0.3) is 0 Å². The Morgan fingerprint density at radius 3 is 2.76 bits per heavy atom. The van der Waals surface area contributed by atoms with Gasteiger partial charge in [-0.2, -0.15) is 0 Å². The molecule has 0 spiro atoms. The van der Waals surface area contributed by atoms with Crippen molar-refractivity contribution in [2.45, 2.75) is 26.7 Å². The van der Waals surface area contributed by atoms with E-state index in [0.717, 1.165) is 24.1 Å². The molecule has 1 amide bonds. The third kappa shape index (κ3) is 4.82. The number of methoxy groups -OCH3 is 1. The highest BCUT2D eigenvalue weighted by molar-refractivity contribution is 6.31. The number of benzene rings is 1. The van der Waals surface area contributed by atoms with Crippen molar-refractivity contribution < 1.29 is 9.53 Å². The Morgan fingerprint density at radius 1 is 1.32 bits per heavy atom. The highest BCUT2D eigenvalue weighted by atomic mass is 35.5. The van der Waals surface area contributed by atoms with Crippen LogP contribution in [-0.4, -0.2) is 41.5 Å². The van der Waals surface area contributed by atoms with Crippen LogP contribution in [0.4, 0.5) is 11.5 Å². The van der Waals surface area contributed by atoms with Crippen LogP contribution < -0.4 is 10.1 Å². The van der Waals surface area contributed by atoms with Crippen molar-refractivity contribution in [2.75, 3.05) is 26.0 Å². The fraction of sp³-hybridized carbons (Fsp3) is 0.389. The maximum absolute atomic E-state index is 12.4. The molecule has 0 radical (unpaired) electrons. The average Bonchev–Trinajstić information content (AvgIpc) is 2.62. The Balaban J connectivity index is 2.22. The quantitative estimate of drug-likeness (QED) is 0.804. The minimum atomic E-state index is -0.127. The molecule has 6 nitrogen and oxygen atoms in total. The second-order valence-corrected chi connectivity index (χ2v) is 6.20. The molecule has 1 aromatic heterocycles. The highest BCUT2D eigenvalue weighted by Gasteiger charge is 2.14. The van der Waals surface area contributed by atoms with Gasteiger partial charge in [-0.3, -0.25) is 4.79 Å². The zero-order chi connectivity index (χ0) is 18.4. The van der Waals surface area contributed by atoms with Crippen LogP contribution in [0, 0.1) is 6.92 Å². The summed E-state index contributed by atoms with van der Waals surface area (Å²) in [6.45, 7) is 4.70. The molecular formula is C18H23ClN4O2. The molecule has 0 fully saturated rings. The number of halogens is 1. The Bertz CT molecular complexity index is 752. The van der Waals surface area contributed by atoms with Gasteiger partial charge < -0.3 is 15.0 Å². The number of amides is 1. The van der Waals surface area contributed by atoms with Crippen molar-refractivity contribution >= 4 is 29.0 Å². The standard InChI is InChI=1S/C18H23ClN4O2/c1-5-6-7-23(3)18(24)15-10-17(21-11-20-15)22-14-8-12(2)13(19)9-16(14)25-4/h8-11H,5-7H2,1-4H3,(H,20,21,22). The number of carbonyl (C=O) groups is 1. The van der Waals surface area contributed by atoms with E-state index in [1.54, 1.807) is 31.2 Å². The number of nitrogens with one attached hydrogen (secondary N) is 1. The van der Waals surface area contributed by atoms with E-state index in [2.05, 4.69) is 22.2 Å². The second kappa shape index (κ2) is 8.67. The molecule has 0 aliphatic carbocycles. The molecule has 1 aromatic carbocycles. The van der Waals surface area contributed by atoms with Gasteiger partial charge in [0, 0.05) is 30.7 Å². The molecule has 0 saturated carbocycles. The van der Waals surface area contributed by atoms with Crippen LogP contribution in [0.5, 0.6) is 5.75 Å². The maximum Gasteiger partial charge on any atom is 0.272 e. The number of unbranched alkanes of at least 4 members (excludes halogenated alkanes) is 1. The number of ether oxygens (including phenoxy) is 1. The smallest absolute Gasteiger partial charge is 0.272 e. The molecule has 0 aliphatic heterocycles. The number of aryl methyl sites for hydroxylation is 1. The van der Waals surface area contributed by atoms with Crippen molar-refractivity contribution in [1.82, 2.24) is 14.9 Å². The molecular weight excluding hydrogens is 340 g/mol. The van der Waals surface area contributed by atoms with E-state index >= 15 is 0 Å². The van der Waals surface area contributed by atoms with Gasteiger partial charge in [0.2, 0.25) is 0 Å². The van der Waals surface area contributed by atoms with Crippen LogP contribution in [0.2, 0.25) is 5.02 Å². The highest BCUT2D eigenvalue weighted by Crippen LogP contribution is 2.32. The average molecular weight is 363 g/mol. The number of hydrogen-bond donors (Lipinski definition) is 1. The molecule has 0 atom stereocenters. The monoisotopic (exact) mass is 362 g/mol. The summed E-state index contributed by atoms with van der Waals surface area (Å²) in [4.78, 5) is 22.4. The van der Waals surface area contributed by atoms with Gasteiger partial charge in [-0.1, -0.05) is 24.9 Å². The molecule has 134 valence electrons. The first kappa shape index (κ1) is 19.0. The summed E-state index contributed by atoms with van der Waals surface area (Å²) in [6, 6.07) is 5.25. The Morgan fingerprint density at radius 2 is 2.08 bits per heavy atom. The molecule has 0 bridgehead atoms. The van der Waals surface area contributed by atoms with E-state index in [4.69, 9.17) is 16.3 Å². The van der Waals surface area contributed by atoms with Gasteiger partial charge in [0.1, 0.15) is 23.6 Å². The van der Waals surface area contributed by atoms with E-state index in [1.165, 1.54) is 6.33 Å². The summed E-state index contributed by atoms with van der Waals surface area (Å²) in [5, 5.41) is 3.79. The van der Waals surface area contributed by atoms with Gasteiger partial charge in [-0.15, -0.1) is 0 Å². The van der Waals surface area contributed by atoms with Crippen molar-refractivity contribution in [3.63, 3.8) is 0 Å². The van der Waals surface area contributed by atoms with Crippen molar-refractivity contribution in [2.24, 2.45) is 0 Å². The number of rotatable bonds is 7. The second-order valence-electron chi connectivity index (χ2n) is 5.80. The molecule has 7 heteroatoms. The van der Waals surface area contributed by atoms with Gasteiger partial charge in [0.15, 0.2) is 0 Å². The van der Waals surface area contributed by atoms with Crippen LogP contribution in [0.3, 0.4) is 0 Å². The first-order valence-corrected chi connectivity index (χ1v) is 8.52. The lowest BCUT2D eigenvalue weighted by atomic mass is 10.2. The predicted molar refractivity (Wildman–Crippen MR) is 99.9 cm³/mol. The zero-order valence-electron chi connectivity index (χ0n) is 15.0. The fourth-order valence-corrected chi connectivity index (χ4v) is 2.46. The molecule has 2 rings (SSSR count). The lowest BCUT2D eigenvalue weighted by Gasteiger charge is -2.17. The third-order valence-electron chi connectivity index (χ3n) is 3.82. The third-order valence-corrected chi connectivity index (χ3v) is 4.23. The SMILES string of the molecule is CCCCN(C)C(=O)c1cc(Nc2cc(C)c(Cl)cc2OC)ncn1. The van der Waals surface area contributed by atoms with E-state index in [9.17, 15) is 4.79 Å². The van der Waals surface area contributed by atoms with Gasteiger partial charge in [-0.25, -0.2) is 9.97 Å². The van der Waals surface area contributed by atoms with E-state index in [1.807, 2.05) is 13.0 Å². The van der Waals surface area contributed by atoms with Crippen molar-refractivity contribution in [3.8, 4) is 5.75 Å². The molecule has 1 N–H and O–H groups in total. The summed E-state index contributed by atoms with van der Waals surface area (Å²) in [7, 11) is 3.35. The van der Waals surface area contributed by atoms with Crippen LogP contribution in [0.15, 0.2) is 24.5 Å². The van der Waals surface area contributed by atoms with Gasteiger partial charge in [0.05, 0.1) is 12.8 Å². The summed E-state index contributed by atoms with van der Waals surface area (Å²) in [5.74, 6) is 0.988. The molecule has 2 aromatic rings. The first-order valence-electron chi connectivity index (χ1n) is 8.15. The molecule has 25 heavy (non-hydrogen) atoms. The Kier molecular flexibility index (Phi) is 6.58. The van der Waals surface area contributed by atoms with E-state index in [-0.39, 0.29) is 5.91 Å². The van der Waals surface area contributed by atoms with E-state index in [0.29, 0.717) is 28.8 Å². The minimum Gasteiger partial charge on any atom is -0.495 e. The van der Waals surface area contributed by atoms with Crippen LogP contribution in [-0.2, 0) is 0 Å². The van der Waals surface area contributed by atoms with Gasteiger partial charge in [-0.05, 0) is 25.0 Å². The van der Waals surface area contributed by atoms with E-state index < -0.39 is 0 Å². The number of hydrogen-bond acceptors (Lipinski definition) is 5. The minimum absolute atomic E-state index is 0.127. The molecule has 0 unspecified atom stereocenters. The summed E-state index contributed by atoms with van der Waals surface area (Å²) in [6.07, 6.45) is 3.36. The lowest BCUT2D eigenvalue weighted by molar-refractivity contribution is 0.0787. The van der Waals surface area contributed by atoms with Crippen molar-refractivity contribution in [3.05, 3.63) is 40.8 Å². The first-order chi connectivity index (χ1) is 12.0. The molecule has 1 heterocycles. The number of carbonyl (C=O) groups excluding carboxylic acids is 1. The van der Waals surface area contributed by atoms with Crippen LogP contribution >= 0.6 is 11.6 Å². The number of aromatic nitrogens is 2. The maximum atomic E-state index is 12.4. The van der Waals surface area contributed by atoms with Crippen molar-refractivity contribution in [1.29, 1.82) is 0 Å². The molecule has 0 saturated heterocycles. The van der Waals surface area contributed by atoms with Crippen LogP contribution in [0.1, 0.15) is 35.8 Å². The molecule has 0 aliphatic rings. The van der Waals surface area contributed by atoms with Gasteiger partial charge in [0.25, 0.3) is 5.91 Å². The van der Waals surface area contributed by atoms with Gasteiger partial charge >= 0.3 is 0 Å². The lowest BCUT2D eigenvalue weighted by Crippen LogP contribution is -2.28. The summed E-state index contributed by atoms with van der Waals surface area (Å²) in [5.41, 5.74) is 1.98. The normalized spacial score (nSPS) is 10.4. The number of anilines is 2. The topological polar surface area (TPSA) is 67.4 Å². The largest absolute Gasteiger partial charge is 0.495 e. The zero-order valence-corrected chi connectivity index (χ0v) is 15.7. The Hall–Kier alpha value is -2.34. The predicted octanol–water partition coefficient (Wildman–Crippen LogP) is 4.06. The summed E-state index contributed by atoms with van der Waals surface area (Å²) >= 11 is 6.13. The fourth-order valence-electron chi connectivity index (χ4n) is 2.30. The summed E-state index contributed by atoms with van der Waals surface area (Å²) < 4.78 is 5.35.